The Morgan fingerprint density at radius 3 is 2.39 bits per heavy atom. The minimum absolute atomic E-state index is 0.0177. The molecule has 5 aliphatic rings. The molecule has 0 bridgehead atoms. The predicted octanol–water partition coefficient (Wildman–Crippen LogP) is 5.94. The summed E-state index contributed by atoms with van der Waals surface area (Å²) in [6.45, 7) is 1.43. The Labute approximate surface area is 219 Å². The minimum atomic E-state index is -5.87. The zero-order chi connectivity index (χ0) is 27.8. The fourth-order valence-electron chi connectivity index (χ4n) is 8.21. The summed E-state index contributed by atoms with van der Waals surface area (Å²) in [4.78, 5) is 26.1. The first-order valence-corrected chi connectivity index (χ1v) is 13.4. The van der Waals surface area contributed by atoms with Crippen LogP contribution in [0.1, 0.15) is 58.3 Å². The number of rotatable bonds is 3. The van der Waals surface area contributed by atoms with Crippen LogP contribution in [-0.4, -0.2) is 53.5 Å². The molecule has 38 heavy (non-hydrogen) atoms. The highest BCUT2D eigenvalue weighted by molar-refractivity contribution is 5.96. The SMILES string of the molecule is CN(C)C(=O)C1=CCC([C@H]2CC3(C)C(CC[C@@]3(O)C(F)(F)C(F)(F)F)C3CCC4=CC(=O)CCC4=C32)C=C1. The van der Waals surface area contributed by atoms with Gasteiger partial charge in [0.15, 0.2) is 5.78 Å². The predicted molar refractivity (Wildman–Crippen MR) is 131 cm³/mol. The molecule has 1 N–H and O–H groups in total. The highest BCUT2D eigenvalue weighted by Gasteiger charge is 2.79. The van der Waals surface area contributed by atoms with Crippen molar-refractivity contribution >= 4 is 11.7 Å². The first kappa shape index (κ1) is 27.3. The van der Waals surface area contributed by atoms with Crippen molar-refractivity contribution in [2.75, 3.05) is 14.1 Å². The maximum Gasteiger partial charge on any atom is 0.456 e. The van der Waals surface area contributed by atoms with Crippen molar-refractivity contribution < 1.29 is 36.6 Å². The minimum Gasteiger partial charge on any atom is -0.383 e. The monoisotopic (exact) mass is 539 g/mol. The molecule has 0 aromatic carbocycles. The summed E-state index contributed by atoms with van der Waals surface area (Å²) in [7, 11) is 3.29. The molecule has 0 aliphatic heterocycles. The van der Waals surface area contributed by atoms with E-state index in [4.69, 9.17) is 0 Å². The van der Waals surface area contributed by atoms with Gasteiger partial charge in [-0.05, 0) is 85.8 Å². The number of nitrogens with zero attached hydrogens (tertiary/aromatic N) is 1. The maximum absolute atomic E-state index is 15.1. The molecule has 5 aliphatic carbocycles. The molecule has 1 amide bonds. The third-order valence-electron chi connectivity index (χ3n) is 10.1. The van der Waals surface area contributed by atoms with Crippen LogP contribution in [0.15, 0.2) is 46.6 Å². The number of halogens is 5. The van der Waals surface area contributed by atoms with E-state index in [1.54, 1.807) is 32.3 Å². The van der Waals surface area contributed by atoms with Gasteiger partial charge in [-0.25, -0.2) is 0 Å². The van der Waals surface area contributed by atoms with Crippen molar-refractivity contribution in [2.45, 2.75) is 76.0 Å². The summed E-state index contributed by atoms with van der Waals surface area (Å²) < 4.78 is 71.1. The van der Waals surface area contributed by atoms with Crippen molar-refractivity contribution in [3.05, 3.63) is 46.6 Å². The van der Waals surface area contributed by atoms with Crippen molar-refractivity contribution in [2.24, 2.45) is 29.1 Å². The van der Waals surface area contributed by atoms with Gasteiger partial charge in [-0.15, -0.1) is 0 Å². The number of amides is 1. The number of hydrogen-bond acceptors (Lipinski definition) is 3. The fourth-order valence-corrected chi connectivity index (χ4v) is 8.21. The summed E-state index contributed by atoms with van der Waals surface area (Å²) in [5.74, 6) is -6.73. The Morgan fingerprint density at radius 2 is 1.79 bits per heavy atom. The molecule has 9 heteroatoms. The summed E-state index contributed by atoms with van der Waals surface area (Å²) in [6.07, 6.45) is 3.09. The van der Waals surface area contributed by atoms with Gasteiger partial charge in [0, 0.05) is 31.5 Å². The Morgan fingerprint density at radius 1 is 1.08 bits per heavy atom. The van der Waals surface area contributed by atoms with E-state index in [1.807, 2.05) is 6.08 Å². The number of alkyl halides is 5. The lowest BCUT2D eigenvalue weighted by molar-refractivity contribution is -0.363. The molecule has 0 aromatic rings. The molecule has 0 saturated heterocycles. The van der Waals surface area contributed by atoms with Crippen molar-refractivity contribution in [3.8, 4) is 0 Å². The Hall–Kier alpha value is -2.29. The number of carbonyl (C=O) groups is 2. The number of ketones is 1. The lowest BCUT2D eigenvalue weighted by Gasteiger charge is -2.57. The smallest absolute Gasteiger partial charge is 0.383 e. The largest absolute Gasteiger partial charge is 0.456 e. The summed E-state index contributed by atoms with van der Waals surface area (Å²) in [5.41, 5.74) is -1.28. The zero-order valence-corrected chi connectivity index (χ0v) is 21.9. The van der Waals surface area contributed by atoms with Crippen LogP contribution in [0.4, 0.5) is 22.0 Å². The highest BCUT2D eigenvalue weighted by atomic mass is 19.4. The maximum atomic E-state index is 15.1. The van der Waals surface area contributed by atoms with Crippen LogP contribution in [0, 0.1) is 29.1 Å². The second kappa shape index (κ2) is 8.86. The number of fused-ring (bicyclic) bond motifs is 4. The van der Waals surface area contributed by atoms with Crippen molar-refractivity contribution in [3.63, 3.8) is 0 Å². The third-order valence-corrected chi connectivity index (χ3v) is 10.1. The van der Waals surface area contributed by atoms with E-state index >= 15 is 8.78 Å². The van der Waals surface area contributed by atoms with E-state index in [9.17, 15) is 27.9 Å². The molecule has 5 rings (SSSR count). The van der Waals surface area contributed by atoms with Crippen LogP contribution in [0.5, 0.6) is 0 Å². The van der Waals surface area contributed by atoms with E-state index in [0.29, 0.717) is 37.7 Å². The molecule has 0 aromatic heterocycles. The van der Waals surface area contributed by atoms with Crippen molar-refractivity contribution in [1.29, 1.82) is 0 Å². The summed E-state index contributed by atoms with van der Waals surface area (Å²) in [6, 6.07) is 0. The molecular weight excluding hydrogens is 505 g/mol. The van der Waals surface area contributed by atoms with Gasteiger partial charge < -0.3 is 10.0 Å². The first-order chi connectivity index (χ1) is 17.6. The van der Waals surface area contributed by atoms with Crippen LogP contribution in [0.25, 0.3) is 0 Å². The highest BCUT2D eigenvalue weighted by Crippen LogP contribution is 2.70. The lowest BCUT2D eigenvalue weighted by Crippen LogP contribution is -2.65. The Bertz CT molecular complexity index is 1180. The van der Waals surface area contributed by atoms with E-state index in [1.165, 1.54) is 11.8 Å². The number of allylic oxidation sites excluding steroid dienone is 6. The molecule has 6 atom stereocenters. The topological polar surface area (TPSA) is 57.6 Å². The van der Waals surface area contributed by atoms with Crippen LogP contribution in [0.3, 0.4) is 0 Å². The van der Waals surface area contributed by atoms with E-state index in [2.05, 4.69) is 0 Å². The molecule has 208 valence electrons. The van der Waals surface area contributed by atoms with Crippen LogP contribution >= 0.6 is 0 Å². The van der Waals surface area contributed by atoms with Gasteiger partial charge in [-0.3, -0.25) is 9.59 Å². The molecular formula is C29H34F5NO3. The standard InChI is InChI=1S/C29H34F5NO3/c1-26-15-22(16-4-6-17(7-5-16)25(37)35(2)3)24-20-11-9-19(36)14-18(20)8-10-21(24)23(26)12-13-27(26,38)28(30,31)29(32,33)34/h4,6-7,14,16,21-23,38H,5,8-13,15H2,1-3H3/t16?,21?,22-,23?,26?,27+/m1/s1. The third kappa shape index (κ3) is 3.78. The van der Waals surface area contributed by atoms with E-state index < -0.39 is 35.5 Å². The molecule has 4 nitrogen and oxygen atoms in total. The zero-order valence-electron chi connectivity index (χ0n) is 21.9. The number of carbonyl (C=O) groups excluding carboxylic acids is 2. The average molecular weight is 540 g/mol. The normalized spacial score (nSPS) is 37.2. The molecule has 2 saturated carbocycles. The van der Waals surface area contributed by atoms with Crippen molar-refractivity contribution in [1.82, 2.24) is 4.90 Å². The quantitative estimate of drug-likeness (QED) is 0.452. The number of likely N-dealkylation sites (N-methyl/N-ethyl adjacent to an activating group) is 1. The molecule has 0 heterocycles. The lowest BCUT2D eigenvalue weighted by atomic mass is 9.49. The van der Waals surface area contributed by atoms with Gasteiger partial charge in [0.25, 0.3) is 5.91 Å². The molecule has 0 radical (unpaired) electrons. The van der Waals surface area contributed by atoms with Gasteiger partial charge in [-0.1, -0.05) is 30.7 Å². The number of aliphatic hydroxyl groups is 1. The first-order valence-electron chi connectivity index (χ1n) is 13.4. The van der Waals surface area contributed by atoms with Crippen LogP contribution < -0.4 is 0 Å². The molecule has 4 unspecified atom stereocenters. The van der Waals surface area contributed by atoms with Gasteiger partial charge in [-0.2, -0.15) is 22.0 Å². The van der Waals surface area contributed by atoms with Gasteiger partial charge in [0.05, 0.1) is 0 Å². The van der Waals surface area contributed by atoms with E-state index in [0.717, 1.165) is 16.7 Å². The van der Waals surface area contributed by atoms with E-state index in [-0.39, 0.29) is 42.3 Å². The fraction of sp³-hybridized carbons (Fsp3) is 0.655. The van der Waals surface area contributed by atoms with Crippen LogP contribution in [0.2, 0.25) is 0 Å². The summed E-state index contributed by atoms with van der Waals surface area (Å²) >= 11 is 0. The Kier molecular flexibility index (Phi) is 6.36. The van der Waals surface area contributed by atoms with Gasteiger partial charge >= 0.3 is 12.1 Å². The van der Waals surface area contributed by atoms with Gasteiger partial charge in [0.1, 0.15) is 5.60 Å². The van der Waals surface area contributed by atoms with Crippen LogP contribution in [-0.2, 0) is 9.59 Å². The average Bonchev–Trinajstić information content (AvgIpc) is 3.13. The number of hydrogen-bond donors (Lipinski definition) is 1. The second-order valence-electron chi connectivity index (χ2n) is 12.1. The molecule has 2 fully saturated rings. The van der Waals surface area contributed by atoms with Gasteiger partial charge in [0.2, 0.25) is 0 Å². The second-order valence-corrected chi connectivity index (χ2v) is 12.1. The molecule has 0 spiro atoms. The Balaban J connectivity index is 1.61. The summed E-state index contributed by atoms with van der Waals surface area (Å²) in [5, 5.41) is 11.3.